The van der Waals surface area contributed by atoms with Gasteiger partial charge in [-0.1, -0.05) is 20.8 Å². The Morgan fingerprint density at radius 1 is 1.44 bits per heavy atom. The van der Waals surface area contributed by atoms with E-state index in [9.17, 15) is 8.42 Å². The summed E-state index contributed by atoms with van der Waals surface area (Å²) >= 11 is 0. The molecule has 1 unspecified atom stereocenters. The van der Waals surface area contributed by atoms with Crippen molar-refractivity contribution in [3.05, 3.63) is 0 Å². The summed E-state index contributed by atoms with van der Waals surface area (Å²) < 4.78 is 23.5. The third-order valence-corrected chi connectivity index (χ3v) is 6.71. The van der Waals surface area contributed by atoms with E-state index in [2.05, 4.69) is 20.8 Å². The van der Waals surface area contributed by atoms with Crippen molar-refractivity contribution >= 4 is 10.0 Å². The Morgan fingerprint density at radius 3 is 2.44 bits per heavy atom. The topological polar surface area (TPSA) is 72.2 Å². The van der Waals surface area contributed by atoms with Gasteiger partial charge in [-0.15, -0.1) is 0 Å². The van der Waals surface area contributed by atoms with Gasteiger partial charge in [-0.2, -0.15) is 4.83 Å². The monoisotopic (exact) mass is 246 g/mol. The molecule has 0 spiro atoms. The normalized spacial score (nSPS) is 41.5. The molecule has 2 rings (SSSR count). The van der Waals surface area contributed by atoms with Gasteiger partial charge in [0.05, 0.1) is 5.75 Å². The predicted molar refractivity (Wildman–Crippen MR) is 63.8 cm³/mol. The van der Waals surface area contributed by atoms with Crippen molar-refractivity contribution in [2.75, 3.05) is 5.75 Å². The zero-order valence-electron chi connectivity index (χ0n) is 10.3. The lowest BCUT2D eigenvalue weighted by atomic mass is 9.67. The van der Waals surface area contributed by atoms with Crippen LogP contribution >= 0.6 is 0 Å². The van der Waals surface area contributed by atoms with E-state index in [-0.39, 0.29) is 16.6 Å². The minimum absolute atomic E-state index is 0.0805. The van der Waals surface area contributed by atoms with Crippen molar-refractivity contribution in [2.24, 2.45) is 28.5 Å². The fourth-order valence-corrected chi connectivity index (χ4v) is 5.81. The van der Waals surface area contributed by atoms with Gasteiger partial charge in [-0.05, 0) is 41.9 Å². The molecule has 0 amide bonds. The summed E-state index contributed by atoms with van der Waals surface area (Å²) in [7, 11) is -3.32. The number of nitrogens with one attached hydrogen (secondary N) is 1. The fourth-order valence-electron chi connectivity index (χ4n) is 4.25. The van der Waals surface area contributed by atoms with Crippen molar-refractivity contribution in [3.8, 4) is 0 Å². The Labute approximate surface area is 98.0 Å². The van der Waals surface area contributed by atoms with Crippen molar-refractivity contribution in [3.63, 3.8) is 0 Å². The minimum Gasteiger partial charge on any atom is -0.258 e. The van der Waals surface area contributed by atoms with Gasteiger partial charge in [-0.3, -0.25) is 5.84 Å². The average molecular weight is 246 g/mol. The molecule has 3 N–H and O–H groups in total. The van der Waals surface area contributed by atoms with E-state index in [0.29, 0.717) is 11.8 Å². The van der Waals surface area contributed by atoms with Crippen LogP contribution in [0.1, 0.15) is 40.0 Å². The standard InChI is InChI=1S/C11H22N2O2S/c1-8-6-9-4-5-11(8,10(9,2)3)7-16(14,15)13-12/h8-9,13H,4-7,12H2,1-3H3/t8-,9?,11-/m1/s1. The van der Waals surface area contributed by atoms with E-state index >= 15 is 0 Å². The van der Waals surface area contributed by atoms with E-state index < -0.39 is 10.0 Å². The number of hydrogen-bond acceptors (Lipinski definition) is 3. The van der Waals surface area contributed by atoms with Crippen LogP contribution in [0.15, 0.2) is 0 Å². The first kappa shape index (κ1) is 12.3. The summed E-state index contributed by atoms with van der Waals surface area (Å²) in [5.41, 5.74) is 0.0409. The number of rotatable bonds is 3. The number of hydrazine groups is 1. The third kappa shape index (κ3) is 1.45. The highest BCUT2D eigenvalue weighted by Gasteiger charge is 2.63. The smallest absolute Gasteiger partial charge is 0.224 e. The lowest BCUT2D eigenvalue weighted by Crippen LogP contribution is -2.45. The summed E-state index contributed by atoms with van der Waals surface area (Å²) in [5, 5.41) is 0. The highest BCUT2D eigenvalue weighted by Crippen LogP contribution is 2.68. The van der Waals surface area contributed by atoms with Gasteiger partial charge in [0.25, 0.3) is 0 Å². The first-order valence-electron chi connectivity index (χ1n) is 5.95. The van der Waals surface area contributed by atoms with Crippen LogP contribution in [0.5, 0.6) is 0 Å². The molecule has 16 heavy (non-hydrogen) atoms. The van der Waals surface area contributed by atoms with Gasteiger partial charge in [-0.25, -0.2) is 8.42 Å². The zero-order valence-corrected chi connectivity index (χ0v) is 11.1. The lowest BCUT2D eigenvalue weighted by Gasteiger charge is -2.41. The Morgan fingerprint density at radius 2 is 2.06 bits per heavy atom. The zero-order chi connectivity index (χ0) is 12.2. The van der Waals surface area contributed by atoms with Gasteiger partial charge in [0, 0.05) is 0 Å². The van der Waals surface area contributed by atoms with Crippen molar-refractivity contribution in [1.29, 1.82) is 0 Å². The van der Waals surface area contributed by atoms with E-state index in [1.165, 1.54) is 0 Å². The average Bonchev–Trinajstić information content (AvgIpc) is 2.51. The second kappa shape index (κ2) is 3.43. The molecule has 2 saturated carbocycles. The first-order valence-corrected chi connectivity index (χ1v) is 7.60. The molecule has 2 aliphatic rings. The van der Waals surface area contributed by atoms with Crippen molar-refractivity contribution in [1.82, 2.24) is 4.83 Å². The second-order valence-electron chi connectivity index (χ2n) is 6.13. The molecule has 2 bridgehead atoms. The number of nitrogens with two attached hydrogens (primary N) is 1. The molecule has 0 aromatic carbocycles. The second-order valence-corrected chi connectivity index (χ2v) is 7.88. The molecule has 0 radical (unpaired) electrons. The number of fused-ring (bicyclic) bond motifs is 2. The fraction of sp³-hybridized carbons (Fsp3) is 1.00. The SMILES string of the molecule is C[C@@H]1CC2CC[C@]1(CS(=O)(=O)NN)C2(C)C. The molecule has 0 heterocycles. The maximum absolute atomic E-state index is 11.7. The molecule has 2 aliphatic carbocycles. The summed E-state index contributed by atoms with van der Waals surface area (Å²) in [5.74, 6) is 6.44. The predicted octanol–water partition coefficient (Wildman–Crippen LogP) is 1.24. The molecule has 3 atom stereocenters. The van der Waals surface area contributed by atoms with Crippen LogP contribution in [0.25, 0.3) is 0 Å². The van der Waals surface area contributed by atoms with Crippen LogP contribution in [-0.4, -0.2) is 14.2 Å². The van der Waals surface area contributed by atoms with Gasteiger partial charge >= 0.3 is 0 Å². The molecule has 94 valence electrons. The maximum Gasteiger partial charge on any atom is 0.224 e. The molecule has 2 fully saturated rings. The van der Waals surface area contributed by atoms with Crippen molar-refractivity contribution < 1.29 is 8.42 Å². The highest BCUT2D eigenvalue weighted by atomic mass is 32.2. The van der Waals surface area contributed by atoms with E-state index in [0.717, 1.165) is 19.3 Å². The first-order chi connectivity index (χ1) is 7.25. The van der Waals surface area contributed by atoms with Crippen molar-refractivity contribution in [2.45, 2.75) is 40.0 Å². The van der Waals surface area contributed by atoms with Gasteiger partial charge in [0.2, 0.25) is 10.0 Å². The molecular formula is C11H22N2O2S. The minimum atomic E-state index is -3.32. The maximum atomic E-state index is 11.7. The Kier molecular flexibility index (Phi) is 2.64. The van der Waals surface area contributed by atoms with Crippen LogP contribution in [0.4, 0.5) is 0 Å². The molecule has 0 aromatic heterocycles. The molecule has 0 aliphatic heterocycles. The summed E-state index contributed by atoms with van der Waals surface area (Å²) in [4.78, 5) is 1.98. The largest absolute Gasteiger partial charge is 0.258 e. The molecular weight excluding hydrogens is 224 g/mol. The van der Waals surface area contributed by atoms with Crippen LogP contribution < -0.4 is 10.7 Å². The molecule has 0 aromatic rings. The lowest BCUT2D eigenvalue weighted by molar-refractivity contribution is 0.115. The van der Waals surface area contributed by atoms with Crippen LogP contribution in [-0.2, 0) is 10.0 Å². The summed E-state index contributed by atoms with van der Waals surface area (Å²) in [6.45, 7) is 6.63. The van der Waals surface area contributed by atoms with Crippen LogP contribution in [0, 0.1) is 22.7 Å². The van der Waals surface area contributed by atoms with Gasteiger partial charge < -0.3 is 0 Å². The van der Waals surface area contributed by atoms with E-state index in [4.69, 9.17) is 5.84 Å². The number of hydrogen-bond donors (Lipinski definition) is 2. The molecule has 5 heteroatoms. The molecule has 0 saturated heterocycles. The molecule has 4 nitrogen and oxygen atoms in total. The summed E-state index contributed by atoms with van der Waals surface area (Å²) in [6.07, 6.45) is 3.34. The highest BCUT2D eigenvalue weighted by molar-refractivity contribution is 7.89. The Hall–Kier alpha value is -0.130. The number of sulfonamides is 1. The van der Waals surface area contributed by atoms with Crippen LogP contribution in [0.2, 0.25) is 0 Å². The Bertz CT molecular complexity index is 391. The van der Waals surface area contributed by atoms with E-state index in [1.807, 2.05) is 4.83 Å². The van der Waals surface area contributed by atoms with Gasteiger partial charge in [0.1, 0.15) is 0 Å². The quantitative estimate of drug-likeness (QED) is 0.581. The third-order valence-electron chi connectivity index (χ3n) is 5.45. The summed E-state index contributed by atoms with van der Waals surface area (Å²) in [6, 6.07) is 0. The van der Waals surface area contributed by atoms with Crippen LogP contribution in [0.3, 0.4) is 0 Å². The van der Waals surface area contributed by atoms with Gasteiger partial charge in [0.15, 0.2) is 0 Å². The van der Waals surface area contributed by atoms with E-state index in [1.54, 1.807) is 0 Å². The Balaban J connectivity index is 2.36.